The van der Waals surface area contributed by atoms with Gasteiger partial charge in [-0.15, -0.1) is 28.3 Å². The van der Waals surface area contributed by atoms with Crippen molar-refractivity contribution in [2.75, 3.05) is 0 Å². The lowest BCUT2D eigenvalue weighted by Gasteiger charge is -2.07. The van der Waals surface area contributed by atoms with E-state index in [0.717, 1.165) is 16.2 Å². The quantitative estimate of drug-likeness (QED) is 0.644. The van der Waals surface area contributed by atoms with E-state index in [4.69, 9.17) is 16.7 Å². The maximum absolute atomic E-state index is 11.6. The predicted octanol–water partition coefficient (Wildman–Crippen LogP) is 3.86. The van der Waals surface area contributed by atoms with Crippen molar-refractivity contribution < 1.29 is 8.42 Å². The zero-order chi connectivity index (χ0) is 17.3. The zero-order valence-corrected chi connectivity index (χ0v) is 17.2. The van der Waals surface area contributed by atoms with Crippen LogP contribution in [0.25, 0.3) is 11.3 Å². The van der Waals surface area contributed by atoms with Crippen LogP contribution in [0.1, 0.15) is 0 Å². The fourth-order valence-electron chi connectivity index (χ4n) is 2.21. The molecule has 5 nitrogen and oxygen atoms in total. The molecule has 0 aliphatic heterocycles. The molecule has 3 rings (SSSR count). The minimum Gasteiger partial charge on any atom is -0.319 e. The van der Waals surface area contributed by atoms with E-state index < -0.39 is 10.0 Å². The third-order valence-corrected chi connectivity index (χ3v) is 5.61. The lowest BCUT2D eigenvalue weighted by atomic mass is 10.2. The Morgan fingerprint density at radius 1 is 1.16 bits per heavy atom. The Labute approximate surface area is 165 Å². The molecular formula is C16H15BrClN3O2S2. The number of nitrogens with zero attached hydrogens (tertiary/aromatic N) is 2. The predicted molar refractivity (Wildman–Crippen MR) is 107 cm³/mol. The van der Waals surface area contributed by atoms with Gasteiger partial charge in [-0.2, -0.15) is 0 Å². The summed E-state index contributed by atoms with van der Waals surface area (Å²) in [5.41, 5.74) is 2.20. The summed E-state index contributed by atoms with van der Waals surface area (Å²) in [7, 11) is -1.94. The van der Waals surface area contributed by atoms with Gasteiger partial charge in [0, 0.05) is 23.0 Å². The summed E-state index contributed by atoms with van der Waals surface area (Å²) in [6, 6.07) is 14.0. The number of nitrogens with two attached hydrogens (primary N) is 1. The Balaban J connectivity index is 0.00000225. The molecule has 0 radical (unpaired) electrons. The van der Waals surface area contributed by atoms with Gasteiger partial charge in [0.25, 0.3) is 0 Å². The molecule has 1 aromatic heterocycles. The molecule has 0 atom stereocenters. The fourth-order valence-corrected chi connectivity index (χ4v) is 3.88. The molecule has 2 aromatic carbocycles. The number of aromatic nitrogens is 1. The van der Waals surface area contributed by atoms with E-state index in [-0.39, 0.29) is 21.9 Å². The van der Waals surface area contributed by atoms with Crippen LogP contribution < -0.4 is 9.94 Å². The summed E-state index contributed by atoms with van der Waals surface area (Å²) in [6.07, 6.45) is 0. The molecule has 0 fully saturated rings. The number of thiazole rings is 1. The molecule has 132 valence electrons. The number of halogens is 2. The second kappa shape index (κ2) is 7.84. The van der Waals surface area contributed by atoms with Gasteiger partial charge in [0.15, 0.2) is 4.80 Å². The van der Waals surface area contributed by atoms with Gasteiger partial charge in [-0.1, -0.05) is 29.8 Å². The average molecular weight is 461 g/mol. The first-order chi connectivity index (χ1) is 11.4. The van der Waals surface area contributed by atoms with Crippen LogP contribution in [0.3, 0.4) is 0 Å². The Morgan fingerprint density at radius 2 is 1.84 bits per heavy atom. The summed E-state index contributed by atoms with van der Waals surface area (Å²) in [6.45, 7) is 0. The molecule has 0 aliphatic carbocycles. The van der Waals surface area contributed by atoms with Crippen LogP contribution in [0.2, 0.25) is 5.02 Å². The van der Waals surface area contributed by atoms with Crippen LogP contribution in [-0.2, 0) is 17.1 Å². The average Bonchev–Trinajstić information content (AvgIpc) is 2.89. The number of para-hydroxylation sites is 1. The van der Waals surface area contributed by atoms with Crippen LogP contribution in [0.5, 0.6) is 0 Å². The first-order valence-electron chi connectivity index (χ1n) is 6.93. The van der Waals surface area contributed by atoms with Crippen LogP contribution >= 0.6 is 39.9 Å². The summed E-state index contributed by atoms with van der Waals surface area (Å²) in [5.74, 6) is 0. The topological polar surface area (TPSA) is 77.5 Å². The zero-order valence-electron chi connectivity index (χ0n) is 13.1. The maximum Gasteiger partial charge on any atom is 0.238 e. The van der Waals surface area contributed by atoms with Gasteiger partial charge < -0.3 is 4.57 Å². The van der Waals surface area contributed by atoms with Gasteiger partial charge >= 0.3 is 0 Å². The largest absolute Gasteiger partial charge is 0.319 e. The standard InChI is InChI=1S/C16H14ClN3O2S2.BrH/c1-20-15(10-23-16(20)19-11-5-3-2-4-6-11)13-9-12(24(18,21)22)7-8-14(13)17;/h2-10H,1H3,(H2,18,21,22);1H. The van der Waals surface area contributed by atoms with Crippen molar-refractivity contribution in [1.82, 2.24) is 4.57 Å². The van der Waals surface area contributed by atoms with E-state index in [1.165, 1.54) is 29.5 Å². The minimum atomic E-state index is -3.79. The summed E-state index contributed by atoms with van der Waals surface area (Å²) < 4.78 is 25.0. The van der Waals surface area contributed by atoms with Crippen LogP contribution in [0.4, 0.5) is 5.69 Å². The normalized spacial score (nSPS) is 12.0. The smallest absolute Gasteiger partial charge is 0.238 e. The van der Waals surface area contributed by atoms with Crippen molar-refractivity contribution in [3.05, 3.63) is 63.7 Å². The second-order valence-electron chi connectivity index (χ2n) is 5.10. The van der Waals surface area contributed by atoms with Crippen molar-refractivity contribution in [1.29, 1.82) is 0 Å². The minimum absolute atomic E-state index is 0. The highest BCUT2D eigenvalue weighted by Gasteiger charge is 2.14. The second-order valence-corrected chi connectivity index (χ2v) is 7.90. The molecule has 0 saturated carbocycles. The van der Waals surface area contributed by atoms with E-state index in [2.05, 4.69) is 4.99 Å². The van der Waals surface area contributed by atoms with E-state index in [0.29, 0.717) is 10.6 Å². The van der Waals surface area contributed by atoms with Crippen molar-refractivity contribution in [2.24, 2.45) is 17.2 Å². The molecule has 9 heteroatoms. The molecule has 0 spiro atoms. The number of hydrogen-bond donors (Lipinski definition) is 1. The third-order valence-electron chi connectivity index (χ3n) is 3.45. The maximum atomic E-state index is 11.6. The lowest BCUT2D eigenvalue weighted by molar-refractivity contribution is 0.598. The summed E-state index contributed by atoms with van der Waals surface area (Å²) in [5, 5.41) is 7.54. The highest BCUT2D eigenvalue weighted by molar-refractivity contribution is 8.93. The fraction of sp³-hybridized carbons (Fsp3) is 0.0625. The van der Waals surface area contributed by atoms with Crippen molar-refractivity contribution >= 4 is 55.6 Å². The molecule has 0 amide bonds. The van der Waals surface area contributed by atoms with Crippen LogP contribution in [-0.4, -0.2) is 13.0 Å². The van der Waals surface area contributed by atoms with Gasteiger partial charge in [0.1, 0.15) is 0 Å². The highest BCUT2D eigenvalue weighted by atomic mass is 79.9. The molecule has 0 bridgehead atoms. The molecular weight excluding hydrogens is 446 g/mol. The highest BCUT2D eigenvalue weighted by Crippen LogP contribution is 2.30. The molecule has 0 unspecified atom stereocenters. The number of sulfonamides is 1. The number of rotatable bonds is 3. The Hall–Kier alpha value is -1.45. The van der Waals surface area contributed by atoms with E-state index in [1.807, 2.05) is 47.3 Å². The van der Waals surface area contributed by atoms with Crippen molar-refractivity contribution in [2.45, 2.75) is 4.90 Å². The lowest BCUT2D eigenvalue weighted by Crippen LogP contribution is -2.13. The van der Waals surface area contributed by atoms with Crippen LogP contribution in [0.15, 0.2) is 63.8 Å². The van der Waals surface area contributed by atoms with E-state index in [1.54, 1.807) is 0 Å². The molecule has 0 aliphatic rings. The third kappa shape index (κ3) is 4.39. The van der Waals surface area contributed by atoms with Crippen LogP contribution in [0, 0.1) is 0 Å². The van der Waals surface area contributed by atoms with Gasteiger partial charge in [-0.25, -0.2) is 18.5 Å². The number of hydrogen-bond acceptors (Lipinski definition) is 4. The SMILES string of the molecule is Br.Cn1c(-c2cc(S(N)(=O)=O)ccc2Cl)csc1=Nc1ccccc1. The summed E-state index contributed by atoms with van der Waals surface area (Å²) in [4.78, 5) is 5.38. The number of primary sulfonamides is 1. The Morgan fingerprint density at radius 3 is 2.48 bits per heavy atom. The van der Waals surface area contributed by atoms with Gasteiger partial charge in [-0.05, 0) is 30.3 Å². The molecule has 3 aromatic rings. The van der Waals surface area contributed by atoms with Gasteiger partial charge in [0.05, 0.1) is 16.3 Å². The monoisotopic (exact) mass is 459 g/mol. The number of benzene rings is 2. The first kappa shape index (κ1) is 19.9. The van der Waals surface area contributed by atoms with Crippen molar-refractivity contribution in [3.8, 4) is 11.3 Å². The molecule has 25 heavy (non-hydrogen) atoms. The first-order valence-corrected chi connectivity index (χ1v) is 9.73. The van der Waals surface area contributed by atoms with Gasteiger partial charge in [0.2, 0.25) is 10.0 Å². The van der Waals surface area contributed by atoms with Gasteiger partial charge in [-0.3, -0.25) is 0 Å². The molecule has 2 N–H and O–H groups in total. The van der Waals surface area contributed by atoms with E-state index >= 15 is 0 Å². The Kier molecular flexibility index (Phi) is 6.23. The molecule has 0 saturated heterocycles. The Bertz CT molecular complexity index is 1060. The summed E-state index contributed by atoms with van der Waals surface area (Å²) >= 11 is 7.69. The van der Waals surface area contributed by atoms with Crippen molar-refractivity contribution in [3.63, 3.8) is 0 Å². The van der Waals surface area contributed by atoms with E-state index in [9.17, 15) is 8.42 Å². The molecule has 1 heterocycles.